The van der Waals surface area contributed by atoms with Crippen LogP contribution in [0.3, 0.4) is 0 Å². The van der Waals surface area contributed by atoms with Crippen molar-refractivity contribution in [3.8, 4) is 0 Å². The third kappa shape index (κ3) is 8.96. The molecule has 28 heavy (non-hydrogen) atoms. The largest absolute Gasteiger partial charge is 0.389 e. The number of halogens is 1. The molecule has 0 bridgehead atoms. The highest BCUT2D eigenvalue weighted by atomic mass is 19.1. The van der Waals surface area contributed by atoms with Gasteiger partial charge in [0.25, 0.3) is 0 Å². The molecule has 0 radical (unpaired) electrons. The first-order chi connectivity index (χ1) is 13.6. The molecule has 4 heteroatoms. The van der Waals surface area contributed by atoms with E-state index in [1.807, 2.05) is 50.2 Å². The van der Waals surface area contributed by atoms with Crippen LogP contribution in [0, 0.1) is 0 Å². The molecule has 0 saturated heterocycles. The summed E-state index contributed by atoms with van der Waals surface area (Å²) in [6.07, 6.45) is 0.353. The lowest BCUT2D eigenvalue weighted by molar-refractivity contribution is -0.0213. The fourth-order valence-electron chi connectivity index (χ4n) is 3.20. The van der Waals surface area contributed by atoms with Gasteiger partial charge < -0.3 is 9.84 Å². The van der Waals surface area contributed by atoms with Crippen LogP contribution in [0.4, 0.5) is 4.39 Å². The molecule has 0 aliphatic rings. The maximum absolute atomic E-state index is 13.4. The fraction of sp³-hybridized carbons (Fsp3) is 0.500. The van der Waals surface area contributed by atoms with E-state index in [2.05, 4.69) is 29.2 Å². The third-order valence-electron chi connectivity index (χ3n) is 4.87. The summed E-state index contributed by atoms with van der Waals surface area (Å²) in [5, 5.41) is 10.5. The average Bonchev–Trinajstić information content (AvgIpc) is 2.72. The molecule has 3 atom stereocenters. The Kier molecular flexibility index (Phi) is 10.2. The summed E-state index contributed by atoms with van der Waals surface area (Å²) in [7, 11) is 0. The number of nitrogens with zero attached hydrogens (tertiary/aromatic N) is 1. The van der Waals surface area contributed by atoms with Crippen LogP contribution in [0.25, 0.3) is 0 Å². The van der Waals surface area contributed by atoms with Gasteiger partial charge in [-0.3, -0.25) is 4.90 Å². The molecule has 154 valence electrons. The number of aliphatic hydroxyl groups is 1. The zero-order valence-corrected chi connectivity index (χ0v) is 17.1. The van der Waals surface area contributed by atoms with Crippen molar-refractivity contribution in [3.05, 3.63) is 71.8 Å². The average molecular weight is 388 g/mol. The van der Waals surface area contributed by atoms with E-state index in [1.54, 1.807) is 0 Å². The Labute approximate surface area is 169 Å². The molecular formula is C24H34FNO2. The fourth-order valence-corrected chi connectivity index (χ4v) is 3.20. The highest BCUT2D eigenvalue weighted by Gasteiger charge is 2.15. The molecule has 0 aromatic heterocycles. The van der Waals surface area contributed by atoms with Crippen molar-refractivity contribution in [2.24, 2.45) is 0 Å². The van der Waals surface area contributed by atoms with E-state index in [1.165, 1.54) is 11.1 Å². The Morgan fingerprint density at radius 2 is 1.46 bits per heavy atom. The summed E-state index contributed by atoms with van der Waals surface area (Å²) in [6.45, 7) is 6.13. The molecule has 0 aliphatic heterocycles. The van der Waals surface area contributed by atoms with Gasteiger partial charge in [-0.15, -0.1) is 0 Å². The highest BCUT2D eigenvalue weighted by molar-refractivity contribution is 5.17. The maximum Gasteiger partial charge on any atom is 0.1000 e. The van der Waals surface area contributed by atoms with Crippen molar-refractivity contribution in [1.82, 2.24) is 4.90 Å². The van der Waals surface area contributed by atoms with E-state index >= 15 is 0 Å². The summed E-state index contributed by atoms with van der Waals surface area (Å²) in [6, 6.07) is 20.6. The molecule has 2 aromatic carbocycles. The van der Waals surface area contributed by atoms with Gasteiger partial charge in [0.15, 0.2) is 0 Å². The van der Waals surface area contributed by atoms with Crippen molar-refractivity contribution >= 4 is 0 Å². The summed E-state index contributed by atoms with van der Waals surface area (Å²) in [5.41, 5.74) is 2.43. The first kappa shape index (κ1) is 22.5. The zero-order chi connectivity index (χ0) is 20.2. The number of alkyl halides is 1. The lowest BCUT2D eigenvalue weighted by Gasteiger charge is -2.26. The molecule has 0 aliphatic carbocycles. The summed E-state index contributed by atoms with van der Waals surface area (Å²) < 4.78 is 19.1. The van der Waals surface area contributed by atoms with Gasteiger partial charge >= 0.3 is 0 Å². The second-order valence-corrected chi connectivity index (χ2v) is 7.52. The van der Waals surface area contributed by atoms with Crippen LogP contribution >= 0.6 is 0 Å². The first-order valence-electron chi connectivity index (χ1n) is 10.3. The predicted molar refractivity (Wildman–Crippen MR) is 113 cm³/mol. The normalized spacial score (nSPS) is 14.8. The van der Waals surface area contributed by atoms with Crippen LogP contribution in [-0.2, 0) is 17.8 Å². The van der Waals surface area contributed by atoms with Crippen molar-refractivity contribution < 1.29 is 14.2 Å². The van der Waals surface area contributed by atoms with Gasteiger partial charge in [0.1, 0.15) is 0 Å². The van der Waals surface area contributed by atoms with Crippen LogP contribution in [-0.4, -0.2) is 41.5 Å². The summed E-state index contributed by atoms with van der Waals surface area (Å²) in [4.78, 5) is 2.23. The lowest BCUT2D eigenvalue weighted by Crippen LogP contribution is -2.35. The van der Waals surface area contributed by atoms with Crippen LogP contribution in [0.1, 0.15) is 44.2 Å². The molecule has 0 amide bonds. The van der Waals surface area contributed by atoms with Crippen molar-refractivity contribution in [1.29, 1.82) is 0 Å². The Hall–Kier alpha value is -1.75. The van der Waals surface area contributed by atoms with Gasteiger partial charge in [-0.2, -0.15) is 0 Å². The van der Waals surface area contributed by atoms with Crippen LogP contribution in [0.5, 0.6) is 0 Å². The number of benzene rings is 2. The van der Waals surface area contributed by atoms with E-state index in [-0.39, 0.29) is 12.7 Å². The Bertz CT molecular complexity index is 596. The van der Waals surface area contributed by atoms with Crippen LogP contribution in [0.2, 0.25) is 0 Å². The molecule has 0 fully saturated rings. The quantitative estimate of drug-likeness (QED) is 0.526. The van der Waals surface area contributed by atoms with Crippen molar-refractivity contribution in [2.45, 2.75) is 64.6 Å². The highest BCUT2D eigenvalue weighted by Crippen LogP contribution is 2.13. The summed E-state index contributed by atoms with van der Waals surface area (Å²) >= 11 is 0. The SMILES string of the molecule is CC[C@H](F)CC[C@@H](C)OCC(O)CN(Cc1ccccc1)Cc1ccccc1. The number of aliphatic hydroxyl groups excluding tert-OH is 1. The second-order valence-electron chi connectivity index (χ2n) is 7.52. The molecule has 1 unspecified atom stereocenters. The third-order valence-corrected chi connectivity index (χ3v) is 4.87. The minimum absolute atomic E-state index is 0.0452. The Morgan fingerprint density at radius 1 is 0.929 bits per heavy atom. The summed E-state index contributed by atoms with van der Waals surface area (Å²) in [5.74, 6) is 0. The Balaban J connectivity index is 1.86. The monoisotopic (exact) mass is 387 g/mol. The van der Waals surface area contributed by atoms with E-state index in [0.29, 0.717) is 25.8 Å². The van der Waals surface area contributed by atoms with Gasteiger partial charge in [0.2, 0.25) is 0 Å². The van der Waals surface area contributed by atoms with Gasteiger partial charge in [-0.25, -0.2) is 4.39 Å². The molecular weight excluding hydrogens is 353 g/mol. The first-order valence-corrected chi connectivity index (χ1v) is 10.3. The smallest absolute Gasteiger partial charge is 0.1000 e. The number of ether oxygens (including phenoxy) is 1. The minimum Gasteiger partial charge on any atom is -0.389 e. The van der Waals surface area contributed by atoms with Crippen LogP contribution < -0.4 is 0 Å². The van der Waals surface area contributed by atoms with Gasteiger partial charge in [-0.1, -0.05) is 67.6 Å². The maximum atomic E-state index is 13.4. The van der Waals surface area contributed by atoms with Crippen molar-refractivity contribution in [2.75, 3.05) is 13.2 Å². The van der Waals surface area contributed by atoms with E-state index in [0.717, 1.165) is 13.1 Å². The number of rotatable bonds is 13. The van der Waals surface area contributed by atoms with E-state index < -0.39 is 12.3 Å². The molecule has 2 rings (SSSR count). The molecule has 0 saturated carbocycles. The minimum atomic E-state index is -0.761. The number of hydrogen-bond acceptors (Lipinski definition) is 3. The standard InChI is InChI=1S/C24H34FNO2/c1-3-23(25)15-14-20(2)28-19-24(27)18-26(16-21-10-6-4-7-11-21)17-22-12-8-5-9-13-22/h4-13,20,23-24,27H,3,14-19H2,1-2H3/t20-,23+,24?/m1/s1. The number of hydrogen-bond donors (Lipinski definition) is 1. The molecule has 0 spiro atoms. The topological polar surface area (TPSA) is 32.7 Å². The molecule has 0 heterocycles. The van der Waals surface area contributed by atoms with Gasteiger partial charge in [0.05, 0.1) is 25.0 Å². The lowest BCUT2D eigenvalue weighted by atomic mass is 10.1. The molecule has 3 nitrogen and oxygen atoms in total. The zero-order valence-electron chi connectivity index (χ0n) is 17.1. The van der Waals surface area contributed by atoms with Crippen molar-refractivity contribution in [3.63, 3.8) is 0 Å². The van der Waals surface area contributed by atoms with Crippen LogP contribution in [0.15, 0.2) is 60.7 Å². The van der Waals surface area contributed by atoms with E-state index in [4.69, 9.17) is 4.74 Å². The van der Waals surface area contributed by atoms with E-state index in [9.17, 15) is 9.50 Å². The predicted octanol–water partition coefficient (Wildman–Crippen LogP) is 4.98. The van der Waals surface area contributed by atoms with Gasteiger partial charge in [-0.05, 0) is 37.3 Å². The Morgan fingerprint density at radius 3 is 1.96 bits per heavy atom. The molecule has 1 N–H and O–H groups in total. The second kappa shape index (κ2) is 12.7. The molecule has 2 aromatic rings. The van der Waals surface area contributed by atoms with Gasteiger partial charge in [0, 0.05) is 19.6 Å².